The fraction of sp³-hybridized carbons (Fsp3) is 0.900. The van der Waals surface area contributed by atoms with Crippen LogP contribution in [0.2, 0.25) is 0 Å². The average molecular weight is 228 g/mol. The Balaban J connectivity index is 2.05. The largest absolute Gasteiger partial charge is 0.337 e. The Morgan fingerprint density at radius 3 is 2.80 bits per heavy atom. The molecule has 5 heteroatoms. The lowest BCUT2D eigenvalue weighted by Gasteiger charge is -2.39. The minimum atomic E-state index is 0.511. The first-order chi connectivity index (χ1) is 7.22. The molecule has 2 atom stereocenters. The molecule has 1 aliphatic heterocycles. The van der Waals surface area contributed by atoms with Crippen molar-refractivity contribution in [3.8, 4) is 0 Å². The van der Waals surface area contributed by atoms with E-state index in [2.05, 4.69) is 29.2 Å². The van der Waals surface area contributed by atoms with Crippen LogP contribution in [0.25, 0.3) is 0 Å². The summed E-state index contributed by atoms with van der Waals surface area (Å²) in [5.74, 6) is 7.61. The van der Waals surface area contributed by atoms with E-state index in [1.54, 1.807) is 0 Å². The van der Waals surface area contributed by atoms with E-state index in [4.69, 9.17) is 5.84 Å². The van der Waals surface area contributed by atoms with Crippen LogP contribution >= 0.6 is 11.8 Å². The van der Waals surface area contributed by atoms with Gasteiger partial charge < -0.3 is 4.90 Å². The molecule has 1 saturated heterocycles. The Hall–Kier alpha value is -0.420. The molecule has 3 N–H and O–H groups in total. The molecule has 2 unspecified atom stereocenters. The van der Waals surface area contributed by atoms with Gasteiger partial charge in [-0.2, -0.15) is 11.8 Å². The molecule has 0 spiro atoms. The lowest BCUT2D eigenvalue weighted by atomic mass is 10.2. The van der Waals surface area contributed by atoms with Gasteiger partial charge in [0.15, 0.2) is 0 Å². The summed E-state index contributed by atoms with van der Waals surface area (Å²) in [6, 6.07) is 1.03. The molecule has 1 saturated carbocycles. The van der Waals surface area contributed by atoms with E-state index in [9.17, 15) is 0 Å². The summed E-state index contributed by atoms with van der Waals surface area (Å²) in [7, 11) is 0. The van der Waals surface area contributed by atoms with Crippen LogP contribution in [0, 0.1) is 0 Å². The van der Waals surface area contributed by atoms with Crippen LogP contribution in [-0.2, 0) is 0 Å². The van der Waals surface area contributed by atoms with E-state index in [0.717, 1.165) is 18.3 Å². The number of nitrogens with two attached hydrogens (primary N) is 1. The van der Waals surface area contributed by atoms with Gasteiger partial charge in [-0.1, -0.05) is 6.92 Å². The minimum absolute atomic E-state index is 0.511. The van der Waals surface area contributed by atoms with E-state index in [1.165, 1.54) is 12.8 Å². The predicted octanol–water partition coefficient (Wildman–Crippen LogP) is 0.794. The van der Waals surface area contributed by atoms with Gasteiger partial charge in [0.1, 0.15) is 0 Å². The van der Waals surface area contributed by atoms with Crippen LogP contribution in [0.1, 0.15) is 26.7 Å². The minimum Gasteiger partial charge on any atom is -0.337 e. The highest BCUT2D eigenvalue weighted by Crippen LogP contribution is 2.27. The lowest BCUT2D eigenvalue weighted by Crippen LogP contribution is -2.54. The third kappa shape index (κ3) is 2.58. The highest BCUT2D eigenvalue weighted by Gasteiger charge is 2.29. The van der Waals surface area contributed by atoms with Gasteiger partial charge in [0.2, 0.25) is 5.96 Å². The summed E-state index contributed by atoms with van der Waals surface area (Å²) >= 11 is 2.03. The molecule has 86 valence electrons. The van der Waals surface area contributed by atoms with E-state index in [1.807, 2.05) is 11.8 Å². The van der Waals surface area contributed by atoms with Crippen LogP contribution in [0.4, 0.5) is 0 Å². The van der Waals surface area contributed by atoms with Crippen molar-refractivity contribution >= 4 is 17.7 Å². The van der Waals surface area contributed by atoms with Crippen molar-refractivity contribution in [2.75, 3.05) is 12.3 Å². The standard InChI is InChI=1S/C10H20N4S/c1-7-8(2)15-6-5-14(7)10(13-11)12-9-3-4-9/h7-9H,3-6,11H2,1-2H3,(H,12,13). The fourth-order valence-corrected chi connectivity index (χ4v) is 2.90. The number of nitrogens with one attached hydrogen (secondary N) is 1. The highest BCUT2D eigenvalue weighted by molar-refractivity contribution is 8.00. The van der Waals surface area contributed by atoms with Gasteiger partial charge in [0.05, 0.1) is 6.04 Å². The number of hydrogen-bond donors (Lipinski definition) is 2. The van der Waals surface area contributed by atoms with Crippen LogP contribution < -0.4 is 11.3 Å². The zero-order valence-corrected chi connectivity index (χ0v) is 10.3. The SMILES string of the molecule is CC1SCCN(C(=NC2CC2)NN)C1C. The van der Waals surface area contributed by atoms with Gasteiger partial charge in [-0.05, 0) is 19.8 Å². The van der Waals surface area contributed by atoms with Crippen molar-refractivity contribution in [1.82, 2.24) is 10.3 Å². The second-order valence-electron chi connectivity index (χ2n) is 4.34. The quantitative estimate of drug-likeness (QED) is 0.302. The second kappa shape index (κ2) is 4.61. The molecule has 0 bridgehead atoms. The molecule has 1 aliphatic carbocycles. The van der Waals surface area contributed by atoms with Gasteiger partial charge in [0, 0.05) is 23.6 Å². The molecule has 0 aromatic carbocycles. The molecule has 1 heterocycles. The number of rotatable bonds is 1. The first-order valence-electron chi connectivity index (χ1n) is 5.65. The Labute approximate surface area is 95.7 Å². The first-order valence-corrected chi connectivity index (χ1v) is 6.70. The number of guanidine groups is 1. The maximum absolute atomic E-state index is 5.56. The Morgan fingerprint density at radius 1 is 1.47 bits per heavy atom. The zero-order valence-electron chi connectivity index (χ0n) is 9.44. The zero-order chi connectivity index (χ0) is 10.8. The van der Waals surface area contributed by atoms with E-state index < -0.39 is 0 Å². The van der Waals surface area contributed by atoms with Gasteiger partial charge in [-0.25, -0.2) is 10.8 Å². The maximum Gasteiger partial charge on any atom is 0.208 e. The summed E-state index contributed by atoms with van der Waals surface area (Å²) in [6.07, 6.45) is 2.44. The Kier molecular flexibility index (Phi) is 3.41. The van der Waals surface area contributed by atoms with Crippen LogP contribution in [0.5, 0.6) is 0 Å². The highest BCUT2D eigenvalue weighted by atomic mass is 32.2. The molecule has 2 rings (SSSR count). The van der Waals surface area contributed by atoms with Gasteiger partial charge in [0.25, 0.3) is 0 Å². The Bertz CT molecular complexity index is 252. The van der Waals surface area contributed by atoms with Crippen LogP contribution in [0.3, 0.4) is 0 Å². The molecule has 15 heavy (non-hydrogen) atoms. The topological polar surface area (TPSA) is 53.6 Å². The molecule has 0 amide bonds. The van der Waals surface area contributed by atoms with Crippen LogP contribution in [-0.4, -0.2) is 40.5 Å². The molecule has 2 aliphatic rings. The van der Waals surface area contributed by atoms with Gasteiger partial charge in [-0.3, -0.25) is 5.43 Å². The van der Waals surface area contributed by atoms with Gasteiger partial charge >= 0.3 is 0 Å². The number of hydrazine groups is 1. The smallest absolute Gasteiger partial charge is 0.208 e. The van der Waals surface area contributed by atoms with E-state index in [0.29, 0.717) is 17.3 Å². The van der Waals surface area contributed by atoms with Crippen molar-refractivity contribution < 1.29 is 0 Å². The van der Waals surface area contributed by atoms with Crippen LogP contribution in [0.15, 0.2) is 4.99 Å². The molecule has 0 aromatic heterocycles. The molecule has 2 fully saturated rings. The summed E-state index contributed by atoms with van der Waals surface area (Å²) in [5.41, 5.74) is 2.76. The second-order valence-corrected chi connectivity index (χ2v) is 5.82. The first kappa shape index (κ1) is 11.1. The number of nitrogens with zero attached hydrogens (tertiary/aromatic N) is 2. The molecule has 0 radical (unpaired) electrons. The molecule has 0 aromatic rings. The average Bonchev–Trinajstić information content (AvgIpc) is 3.03. The normalized spacial score (nSPS) is 33.0. The molecule has 4 nitrogen and oxygen atoms in total. The van der Waals surface area contributed by atoms with Crippen molar-refractivity contribution in [2.24, 2.45) is 10.8 Å². The number of thioether (sulfide) groups is 1. The van der Waals surface area contributed by atoms with E-state index >= 15 is 0 Å². The van der Waals surface area contributed by atoms with Gasteiger partial charge in [-0.15, -0.1) is 0 Å². The maximum atomic E-state index is 5.56. The molecular formula is C10H20N4S. The summed E-state index contributed by atoms with van der Waals surface area (Å²) in [6.45, 7) is 5.56. The van der Waals surface area contributed by atoms with E-state index in [-0.39, 0.29) is 0 Å². The predicted molar refractivity (Wildman–Crippen MR) is 65.9 cm³/mol. The third-order valence-electron chi connectivity index (χ3n) is 3.14. The summed E-state index contributed by atoms with van der Waals surface area (Å²) in [5, 5.41) is 0.650. The number of hydrogen-bond acceptors (Lipinski definition) is 3. The van der Waals surface area contributed by atoms with Crippen molar-refractivity contribution in [3.63, 3.8) is 0 Å². The Morgan fingerprint density at radius 2 is 2.20 bits per heavy atom. The monoisotopic (exact) mass is 228 g/mol. The summed E-state index contributed by atoms with van der Waals surface area (Å²) in [4.78, 5) is 6.92. The number of aliphatic imine (C=N–C) groups is 1. The molecular weight excluding hydrogens is 208 g/mol. The van der Waals surface area contributed by atoms with Crippen molar-refractivity contribution in [2.45, 2.75) is 44.0 Å². The lowest BCUT2D eigenvalue weighted by molar-refractivity contribution is 0.322. The fourth-order valence-electron chi connectivity index (χ4n) is 1.80. The summed E-state index contributed by atoms with van der Waals surface area (Å²) < 4.78 is 0. The third-order valence-corrected chi connectivity index (χ3v) is 4.47. The van der Waals surface area contributed by atoms with Crippen molar-refractivity contribution in [3.05, 3.63) is 0 Å². The van der Waals surface area contributed by atoms with Crippen molar-refractivity contribution in [1.29, 1.82) is 0 Å².